The predicted molar refractivity (Wildman–Crippen MR) is 115 cm³/mol. The molecule has 0 spiro atoms. The Bertz CT molecular complexity index is 770. The van der Waals surface area contributed by atoms with Crippen LogP contribution in [-0.2, 0) is 11.2 Å². The molecule has 0 unspecified atom stereocenters. The first-order chi connectivity index (χ1) is 13.6. The fourth-order valence-corrected chi connectivity index (χ4v) is 5.05. The van der Waals surface area contributed by atoms with Gasteiger partial charge in [0.1, 0.15) is 5.82 Å². The molecular weight excluding hydrogens is 346 g/mol. The zero-order valence-corrected chi connectivity index (χ0v) is 17.6. The summed E-state index contributed by atoms with van der Waals surface area (Å²) >= 11 is 0. The van der Waals surface area contributed by atoms with Crippen molar-refractivity contribution in [3.8, 4) is 0 Å². The molecule has 0 amide bonds. The molecule has 4 nitrogen and oxygen atoms in total. The van der Waals surface area contributed by atoms with Crippen molar-refractivity contribution in [3.63, 3.8) is 0 Å². The van der Waals surface area contributed by atoms with E-state index in [1.165, 1.54) is 12.0 Å². The Hall–Kier alpha value is -1.65. The summed E-state index contributed by atoms with van der Waals surface area (Å²) in [7, 11) is 0. The van der Waals surface area contributed by atoms with Crippen molar-refractivity contribution >= 4 is 11.0 Å². The number of fused-ring (bicyclic) bond motifs is 1. The minimum absolute atomic E-state index is 0.590. The number of hydrogen-bond donors (Lipinski definition) is 2. The molecule has 2 N–H and O–H groups in total. The largest absolute Gasteiger partial charge is 0.381 e. The number of nitrogens with one attached hydrogen (secondary N) is 2. The first-order valence-electron chi connectivity index (χ1n) is 11.0. The molecule has 1 aliphatic carbocycles. The van der Waals surface area contributed by atoms with Gasteiger partial charge in [-0.15, -0.1) is 0 Å². The lowest BCUT2D eigenvalue weighted by Gasteiger charge is -2.38. The van der Waals surface area contributed by atoms with E-state index in [9.17, 15) is 0 Å². The van der Waals surface area contributed by atoms with Crippen molar-refractivity contribution in [2.45, 2.75) is 52.5 Å². The van der Waals surface area contributed by atoms with Crippen LogP contribution in [0.25, 0.3) is 11.0 Å². The molecule has 2 aliphatic rings. The molecule has 4 rings (SSSR count). The van der Waals surface area contributed by atoms with Crippen LogP contribution in [0.15, 0.2) is 35.9 Å². The van der Waals surface area contributed by atoms with Crippen molar-refractivity contribution in [1.82, 2.24) is 15.3 Å². The monoisotopic (exact) mass is 381 g/mol. The number of benzene rings is 1. The third-order valence-electron chi connectivity index (χ3n) is 6.83. The number of ether oxygens (including phenoxy) is 1. The van der Waals surface area contributed by atoms with Gasteiger partial charge in [-0.2, -0.15) is 0 Å². The number of para-hydroxylation sites is 2. The van der Waals surface area contributed by atoms with Crippen molar-refractivity contribution in [2.24, 2.45) is 23.7 Å². The van der Waals surface area contributed by atoms with E-state index in [-0.39, 0.29) is 0 Å². The third-order valence-corrected chi connectivity index (χ3v) is 6.83. The number of allylic oxidation sites excluding steroid dienone is 1. The molecule has 28 heavy (non-hydrogen) atoms. The van der Waals surface area contributed by atoms with Crippen LogP contribution in [0, 0.1) is 23.7 Å². The van der Waals surface area contributed by atoms with Gasteiger partial charge in [-0.1, -0.05) is 37.6 Å². The lowest BCUT2D eigenvalue weighted by molar-refractivity contribution is 0.0757. The molecule has 2 heterocycles. The van der Waals surface area contributed by atoms with E-state index in [0.29, 0.717) is 23.8 Å². The minimum Gasteiger partial charge on any atom is -0.381 e. The summed E-state index contributed by atoms with van der Waals surface area (Å²) in [4.78, 5) is 8.35. The summed E-state index contributed by atoms with van der Waals surface area (Å²) in [5, 5.41) is 3.84. The molecule has 1 aliphatic heterocycles. The van der Waals surface area contributed by atoms with Crippen LogP contribution in [0.3, 0.4) is 0 Å². The Morgan fingerprint density at radius 2 is 2.00 bits per heavy atom. The van der Waals surface area contributed by atoms with Gasteiger partial charge in [-0.25, -0.2) is 4.98 Å². The number of imidazole rings is 1. The molecule has 4 heteroatoms. The second-order valence-corrected chi connectivity index (χ2v) is 9.11. The Labute approximate surface area is 169 Å². The minimum atomic E-state index is 0.590. The zero-order chi connectivity index (χ0) is 19.5. The Morgan fingerprint density at radius 1 is 1.21 bits per heavy atom. The summed E-state index contributed by atoms with van der Waals surface area (Å²) in [6.45, 7) is 10.0. The van der Waals surface area contributed by atoms with E-state index in [1.807, 2.05) is 0 Å². The second kappa shape index (κ2) is 8.79. The van der Waals surface area contributed by atoms with Crippen molar-refractivity contribution in [1.29, 1.82) is 0 Å². The second-order valence-electron chi connectivity index (χ2n) is 9.11. The number of aromatic nitrogens is 2. The van der Waals surface area contributed by atoms with Gasteiger partial charge in [0, 0.05) is 32.2 Å². The van der Waals surface area contributed by atoms with Crippen molar-refractivity contribution in [3.05, 3.63) is 41.7 Å². The van der Waals surface area contributed by atoms with E-state index >= 15 is 0 Å². The van der Waals surface area contributed by atoms with Crippen LogP contribution in [0.4, 0.5) is 0 Å². The smallest absolute Gasteiger partial charge is 0.107 e. The topological polar surface area (TPSA) is 49.9 Å². The zero-order valence-electron chi connectivity index (χ0n) is 17.6. The quantitative estimate of drug-likeness (QED) is 0.711. The molecule has 0 radical (unpaired) electrons. The maximum absolute atomic E-state index is 5.50. The number of rotatable bonds is 6. The van der Waals surface area contributed by atoms with Crippen LogP contribution in [-0.4, -0.2) is 35.8 Å². The van der Waals surface area contributed by atoms with E-state index < -0.39 is 0 Å². The van der Waals surface area contributed by atoms with Gasteiger partial charge < -0.3 is 15.0 Å². The third kappa shape index (κ3) is 4.49. The predicted octanol–water partition coefficient (Wildman–Crippen LogP) is 4.73. The number of nitrogens with zero attached hydrogens (tertiary/aromatic N) is 1. The highest BCUT2D eigenvalue weighted by atomic mass is 16.5. The fraction of sp³-hybridized carbons (Fsp3) is 0.625. The summed E-state index contributed by atoms with van der Waals surface area (Å²) in [5.41, 5.74) is 3.76. The standard InChI is InChI=1S/C24H35N3O/c1-16(2)21-13-18(14-24-26-22-6-4-5-7-23(22)27-24)17(3)12-19(21)15-25-20-8-10-28-11-9-20/h4-7,12,16,18-21,25H,8-11,13-15H2,1-3H3,(H,26,27)/t18-,19-,21-/m0/s1. The number of aromatic amines is 1. The summed E-state index contributed by atoms with van der Waals surface area (Å²) in [5.74, 6) is 3.77. The van der Waals surface area contributed by atoms with E-state index in [0.717, 1.165) is 61.8 Å². The van der Waals surface area contributed by atoms with Crippen LogP contribution >= 0.6 is 0 Å². The van der Waals surface area contributed by atoms with Gasteiger partial charge in [0.15, 0.2) is 0 Å². The number of hydrogen-bond acceptors (Lipinski definition) is 3. The molecule has 0 bridgehead atoms. The maximum atomic E-state index is 5.50. The Kier molecular flexibility index (Phi) is 6.17. The molecule has 0 saturated carbocycles. The van der Waals surface area contributed by atoms with Crippen LogP contribution < -0.4 is 5.32 Å². The highest BCUT2D eigenvalue weighted by molar-refractivity contribution is 5.74. The van der Waals surface area contributed by atoms with Gasteiger partial charge in [0.05, 0.1) is 11.0 Å². The Balaban J connectivity index is 1.44. The average molecular weight is 382 g/mol. The molecule has 1 fully saturated rings. The fourth-order valence-electron chi connectivity index (χ4n) is 5.05. The summed E-state index contributed by atoms with van der Waals surface area (Å²) < 4.78 is 5.50. The van der Waals surface area contributed by atoms with Crippen LogP contribution in [0.5, 0.6) is 0 Å². The molecular formula is C24H35N3O. The maximum Gasteiger partial charge on any atom is 0.107 e. The summed E-state index contributed by atoms with van der Waals surface area (Å²) in [6, 6.07) is 8.96. The normalized spacial score (nSPS) is 26.7. The van der Waals surface area contributed by atoms with Crippen molar-refractivity contribution < 1.29 is 4.74 Å². The van der Waals surface area contributed by atoms with Gasteiger partial charge >= 0.3 is 0 Å². The van der Waals surface area contributed by atoms with Gasteiger partial charge in [-0.05, 0) is 62.0 Å². The molecule has 1 aromatic carbocycles. The lowest BCUT2D eigenvalue weighted by atomic mass is 9.69. The van der Waals surface area contributed by atoms with E-state index in [2.05, 4.69) is 61.4 Å². The molecule has 152 valence electrons. The average Bonchev–Trinajstić information content (AvgIpc) is 3.11. The molecule has 1 saturated heterocycles. The highest BCUT2D eigenvalue weighted by Crippen LogP contribution is 2.38. The summed E-state index contributed by atoms with van der Waals surface area (Å²) in [6.07, 6.45) is 7.14. The SMILES string of the molecule is CC1=C[C@@H](CNC2CCOCC2)[C@H](C(C)C)C[C@H]1Cc1nc2ccccc2[nH]1. The molecule has 1 aromatic heterocycles. The van der Waals surface area contributed by atoms with Crippen LogP contribution in [0.1, 0.15) is 45.9 Å². The van der Waals surface area contributed by atoms with Crippen molar-refractivity contribution in [2.75, 3.05) is 19.8 Å². The molecule has 3 atom stereocenters. The first kappa shape index (κ1) is 19.7. The highest BCUT2D eigenvalue weighted by Gasteiger charge is 2.32. The Morgan fingerprint density at radius 3 is 2.75 bits per heavy atom. The van der Waals surface area contributed by atoms with E-state index in [1.54, 1.807) is 0 Å². The van der Waals surface area contributed by atoms with E-state index in [4.69, 9.17) is 9.72 Å². The first-order valence-corrected chi connectivity index (χ1v) is 11.0. The van der Waals surface area contributed by atoms with Gasteiger partial charge in [-0.3, -0.25) is 0 Å². The van der Waals surface area contributed by atoms with Crippen LogP contribution in [0.2, 0.25) is 0 Å². The number of H-pyrrole nitrogens is 1. The van der Waals surface area contributed by atoms with Gasteiger partial charge in [0.2, 0.25) is 0 Å². The van der Waals surface area contributed by atoms with Gasteiger partial charge in [0.25, 0.3) is 0 Å². The molecule has 2 aromatic rings. The lowest BCUT2D eigenvalue weighted by Crippen LogP contribution is -2.41.